The Morgan fingerprint density at radius 2 is 2.07 bits per heavy atom. The molecule has 1 saturated heterocycles. The molecule has 0 spiro atoms. The van der Waals surface area contributed by atoms with E-state index in [1.165, 1.54) is 10.9 Å². The van der Waals surface area contributed by atoms with Crippen LogP contribution >= 0.6 is 0 Å². The number of nitrogens with one attached hydrogen (secondary N) is 3. The Morgan fingerprint density at radius 1 is 1.22 bits per heavy atom. The van der Waals surface area contributed by atoms with Gasteiger partial charge in [0.15, 0.2) is 0 Å². The Labute approximate surface area is 159 Å². The quantitative estimate of drug-likeness (QED) is 0.731. The van der Waals surface area contributed by atoms with Crippen molar-refractivity contribution in [3.8, 4) is 0 Å². The van der Waals surface area contributed by atoms with Crippen molar-refractivity contribution in [2.24, 2.45) is 5.92 Å². The number of benzene rings is 1. The predicted octanol–water partition coefficient (Wildman–Crippen LogP) is 2.16. The van der Waals surface area contributed by atoms with Crippen LogP contribution in [0.3, 0.4) is 0 Å². The van der Waals surface area contributed by atoms with Crippen LogP contribution < -0.4 is 10.6 Å². The van der Waals surface area contributed by atoms with E-state index < -0.39 is 0 Å². The summed E-state index contributed by atoms with van der Waals surface area (Å²) in [4.78, 5) is 30.3. The SMILES string of the molecule is CCNC(=O)[C@@H]1C[C@H](NC(=O)C2CCC2)CN1Cc1ccc2[nH]ccc2c1. The van der Waals surface area contributed by atoms with Gasteiger partial charge in [0.1, 0.15) is 0 Å². The minimum absolute atomic E-state index is 0.0432. The van der Waals surface area contributed by atoms with Crippen LogP contribution in [0.4, 0.5) is 0 Å². The molecule has 2 amide bonds. The van der Waals surface area contributed by atoms with E-state index >= 15 is 0 Å². The van der Waals surface area contributed by atoms with Crippen LogP contribution in [0, 0.1) is 5.92 Å². The number of aromatic nitrogens is 1. The summed E-state index contributed by atoms with van der Waals surface area (Å²) in [6, 6.07) is 8.26. The fraction of sp³-hybridized carbons (Fsp3) is 0.524. The van der Waals surface area contributed by atoms with Gasteiger partial charge in [0, 0.05) is 43.3 Å². The Balaban J connectivity index is 1.46. The number of hydrogen-bond acceptors (Lipinski definition) is 3. The summed E-state index contributed by atoms with van der Waals surface area (Å²) < 4.78 is 0. The number of likely N-dealkylation sites (tertiary alicyclic amines) is 1. The third-order valence-electron chi connectivity index (χ3n) is 5.88. The molecule has 0 unspecified atom stereocenters. The van der Waals surface area contributed by atoms with Crippen molar-refractivity contribution in [2.75, 3.05) is 13.1 Å². The summed E-state index contributed by atoms with van der Waals surface area (Å²) in [5.74, 6) is 0.398. The van der Waals surface area contributed by atoms with Crippen molar-refractivity contribution in [1.29, 1.82) is 0 Å². The highest BCUT2D eigenvalue weighted by Gasteiger charge is 2.38. The van der Waals surface area contributed by atoms with Crippen LogP contribution in [0.25, 0.3) is 10.9 Å². The number of amides is 2. The van der Waals surface area contributed by atoms with Crippen molar-refractivity contribution in [3.63, 3.8) is 0 Å². The Bertz CT molecular complexity index is 826. The van der Waals surface area contributed by atoms with Crippen LogP contribution in [0.5, 0.6) is 0 Å². The first kappa shape index (κ1) is 18.0. The lowest BCUT2D eigenvalue weighted by Gasteiger charge is -2.26. The molecule has 1 saturated carbocycles. The van der Waals surface area contributed by atoms with Gasteiger partial charge in [-0.15, -0.1) is 0 Å². The third kappa shape index (κ3) is 3.86. The molecule has 2 aliphatic rings. The number of hydrogen-bond donors (Lipinski definition) is 3. The van der Waals surface area contributed by atoms with E-state index in [9.17, 15) is 9.59 Å². The van der Waals surface area contributed by atoms with E-state index in [1.807, 2.05) is 13.1 Å². The molecule has 4 rings (SSSR count). The van der Waals surface area contributed by atoms with Gasteiger partial charge in [0.25, 0.3) is 0 Å². The average Bonchev–Trinajstić information content (AvgIpc) is 3.20. The first-order valence-electron chi connectivity index (χ1n) is 10.0. The van der Waals surface area contributed by atoms with Crippen molar-refractivity contribution in [1.82, 2.24) is 20.5 Å². The third-order valence-corrected chi connectivity index (χ3v) is 5.88. The van der Waals surface area contributed by atoms with Gasteiger partial charge in [0.2, 0.25) is 11.8 Å². The van der Waals surface area contributed by atoms with Gasteiger partial charge in [0.05, 0.1) is 6.04 Å². The predicted molar refractivity (Wildman–Crippen MR) is 105 cm³/mol. The number of likely N-dealkylation sites (N-methyl/N-ethyl adjacent to an activating group) is 1. The summed E-state index contributed by atoms with van der Waals surface area (Å²) in [6.45, 7) is 3.98. The minimum Gasteiger partial charge on any atom is -0.361 e. The van der Waals surface area contributed by atoms with Crippen molar-refractivity contribution in [3.05, 3.63) is 36.0 Å². The van der Waals surface area contributed by atoms with Gasteiger partial charge in [-0.3, -0.25) is 14.5 Å². The number of carbonyl (C=O) groups is 2. The zero-order chi connectivity index (χ0) is 18.8. The lowest BCUT2D eigenvalue weighted by molar-refractivity contribution is -0.128. The number of carbonyl (C=O) groups excluding carboxylic acids is 2. The highest BCUT2D eigenvalue weighted by Crippen LogP contribution is 2.28. The fourth-order valence-electron chi connectivity index (χ4n) is 4.17. The molecule has 144 valence electrons. The number of fused-ring (bicyclic) bond motifs is 1. The molecule has 1 aliphatic carbocycles. The maximum Gasteiger partial charge on any atom is 0.237 e. The van der Waals surface area contributed by atoms with Crippen molar-refractivity contribution < 1.29 is 9.59 Å². The minimum atomic E-state index is -0.196. The molecule has 2 heterocycles. The van der Waals surface area contributed by atoms with E-state index in [-0.39, 0.29) is 29.8 Å². The van der Waals surface area contributed by atoms with Crippen LogP contribution in [0.2, 0.25) is 0 Å². The Kier molecular flexibility index (Phi) is 5.16. The highest BCUT2D eigenvalue weighted by molar-refractivity contribution is 5.83. The average molecular weight is 368 g/mol. The van der Waals surface area contributed by atoms with Gasteiger partial charge in [-0.25, -0.2) is 0 Å². The zero-order valence-electron chi connectivity index (χ0n) is 15.8. The molecule has 2 aromatic rings. The van der Waals surface area contributed by atoms with Crippen molar-refractivity contribution in [2.45, 2.75) is 51.2 Å². The normalized spacial score (nSPS) is 23.3. The lowest BCUT2D eigenvalue weighted by atomic mass is 9.84. The molecule has 1 aromatic carbocycles. The second-order valence-corrected chi connectivity index (χ2v) is 7.81. The van der Waals surface area contributed by atoms with Gasteiger partial charge in [-0.2, -0.15) is 0 Å². The second kappa shape index (κ2) is 7.72. The second-order valence-electron chi connectivity index (χ2n) is 7.81. The van der Waals surface area contributed by atoms with E-state index in [0.717, 1.165) is 24.8 Å². The first-order valence-corrected chi connectivity index (χ1v) is 10.0. The lowest BCUT2D eigenvalue weighted by Crippen LogP contribution is -2.42. The Hall–Kier alpha value is -2.34. The smallest absolute Gasteiger partial charge is 0.237 e. The number of H-pyrrole nitrogens is 1. The molecule has 2 atom stereocenters. The molecule has 0 bridgehead atoms. The topological polar surface area (TPSA) is 77.2 Å². The molecule has 3 N–H and O–H groups in total. The maximum absolute atomic E-state index is 12.6. The van der Waals surface area contributed by atoms with Crippen LogP contribution in [-0.4, -0.2) is 46.9 Å². The number of nitrogens with zero attached hydrogens (tertiary/aromatic N) is 1. The first-order chi connectivity index (χ1) is 13.1. The molecule has 6 heteroatoms. The molecule has 2 fully saturated rings. The van der Waals surface area contributed by atoms with E-state index in [0.29, 0.717) is 26.1 Å². The van der Waals surface area contributed by atoms with Crippen LogP contribution in [-0.2, 0) is 16.1 Å². The van der Waals surface area contributed by atoms with Crippen LogP contribution in [0.15, 0.2) is 30.5 Å². The monoisotopic (exact) mass is 368 g/mol. The standard InChI is InChI=1S/C21H28N4O2/c1-2-22-21(27)19-11-17(24-20(26)15-4-3-5-15)13-25(19)12-14-6-7-18-16(10-14)8-9-23-18/h6-10,15,17,19,23H,2-5,11-13H2,1H3,(H,22,27)(H,24,26)/t17-,19-/m0/s1. The van der Waals surface area contributed by atoms with E-state index in [4.69, 9.17) is 0 Å². The van der Waals surface area contributed by atoms with Gasteiger partial charge in [-0.05, 0) is 55.3 Å². The fourth-order valence-corrected chi connectivity index (χ4v) is 4.17. The highest BCUT2D eigenvalue weighted by atomic mass is 16.2. The molecule has 6 nitrogen and oxygen atoms in total. The molecular weight excluding hydrogens is 340 g/mol. The summed E-state index contributed by atoms with van der Waals surface area (Å²) in [6.07, 6.45) is 5.76. The summed E-state index contributed by atoms with van der Waals surface area (Å²) >= 11 is 0. The van der Waals surface area contributed by atoms with E-state index in [1.54, 1.807) is 0 Å². The number of aromatic amines is 1. The van der Waals surface area contributed by atoms with Gasteiger partial charge in [-0.1, -0.05) is 12.5 Å². The molecule has 1 aromatic heterocycles. The van der Waals surface area contributed by atoms with Crippen LogP contribution in [0.1, 0.15) is 38.2 Å². The molecule has 27 heavy (non-hydrogen) atoms. The largest absolute Gasteiger partial charge is 0.361 e. The zero-order valence-corrected chi connectivity index (χ0v) is 15.8. The summed E-state index contributed by atoms with van der Waals surface area (Å²) in [5.41, 5.74) is 2.30. The van der Waals surface area contributed by atoms with Crippen molar-refractivity contribution >= 4 is 22.7 Å². The summed E-state index contributed by atoms with van der Waals surface area (Å²) in [5, 5.41) is 7.31. The molecule has 1 aliphatic heterocycles. The van der Waals surface area contributed by atoms with E-state index in [2.05, 4.69) is 44.8 Å². The van der Waals surface area contributed by atoms with Gasteiger partial charge < -0.3 is 15.6 Å². The van der Waals surface area contributed by atoms with Gasteiger partial charge >= 0.3 is 0 Å². The maximum atomic E-state index is 12.6. The molecule has 0 radical (unpaired) electrons. The Morgan fingerprint density at radius 3 is 2.81 bits per heavy atom. The molecular formula is C21H28N4O2. The number of rotatable bonds is 6. The summed E-state index contributed by atoms with van der Waals surface area (Å²) in [7, 11) is 0.